The molecule has 9 nitrogen and oxygen atoms in total. The molecule has 1 fully saturated rings. The number of hydrogen-bond donors (Lipinski definition) is 1. The number of piperazine rings is 1. The highest BCUT2D eigenvalue weighted by atomic mass is 16.5. The third kappa shape index (κ3) is 6.16. The summed E-state index contributed by atoms with van der Waals surface area (Å²) in [4.78, 5) is 22.5. The molecule has 2 rings (SSSR count). The fraction of sp³-hybridized carbons (Fsp3) is 0.619. The molecular formula is C21H35N5O4. The lowest BCUT2D eigenvalue weighted by Crippen LogP contribution is -2.52. The highest BCUT2D eigenvalue weighted by molar-refractivity contribution is 5.84. The van der Waals surface area contributed by atoms with Crippen molar-refractivity contribution >= 4 is 11.9 Å². The number of carbonyl (C=O) groups excluding carboxylic acids is 1. The lowest BCUT2D eigenvalue weighted by atomic mass is 10.1. The highest BCUT2D eigenvalue weighted by Gasteiger charge is 2.21. The Kier molecular flexibility index (Phi) is 9.04. The van der Waals surface area contributed by atoms with E-state index in [9.17, 15) is 4.79 Å². The Morgan fingerprint density at radius 1 is 1.07 bits per heavy atom. The molecule has 0 unspecified atom stereocenters. The third-order valence-corrected chi connectivity index (χ3v) is 5.00. The van der Waals surface area contributed by atoms with Crippen LogP contribution in [0.15, 0.2) is 17.1 Å². The minimum absolute atomic E-state index is 0.00793. The van der Waals surface area contributed by atoms with Crippen LogP contribution >= 0.6 is 0 Å². The van der Waals surface area contributed by atoms with Gasteiger partial charge in [-0.15, -0.1) is 0 Å². The highest BCUT2D eigenvalue weighted by Crippen LogP contribution is 2.38. The molecule has 1 N–H and O–H groups in total. The van der Waals surface area contributed by atoms with Gasteiger partial charge in [-0.05, 0) is 24.6 Å². The standard InChI is InChI=1S/C21H35N5O4/c1-7-22-21(23-14-19(27)24(2)3)26-10-8-25(9-11-26)15-16-12-17(28-4)20(30-6)18(13-16)29-5/h12-13H,7-11,14-15H2,1-6H3,(H,22,23). The van der Waals surface area contributed by atoms with E-state index in [1.165, 1.54) is 0 Å². The van der Waals surface area contributed by atoms with Crippen LogP contribution in [-0.4, -0.2) is 101 Å². The fourth-order valence-electron chi connectivity index (χ4n) is 3.31. The number of ether oxygens (including phenoxy) is 3. The van der Waals surface area contributed by atoms with Gasteiger partial charge in [-0.2, -0.15) is 0 Å². The monoisotopic (exact) mass is 421 g/mol. The molecule has 30 heavy (non-hydrogen) atoms. The summed E-state index contributed by atoms with van der Waals surface area (Å²) in [6.45, 7) is 7.20. The molecule has 9 heteroatoms. The quantitative estimate of drug-likeness (QED) is 0.493. The van der Waals surface area contributed by atoms with Gasteiger partial charge >= 0.3 is 0 Å². The van der Waals surface area contributed by atoms with Crippen LogP contribution in [0.3, 0.4) is 0 Å². The number of amides is 1. The van der Waals surface area contributed by atoms with Crippen LogP contribution in [-0.2, 0) is 11.3 Å². The van der Waals surface area contributed by atoms with Gasteiger partial charge in [0.2, 0.25) is 11.7 Å². The molecule has 1 aromatic rings. The van der Waals surface area contributed by atoms with Crippen LogP contribution in [0.1, 0.15) is 12.5 Å². The van der Waals surface area contributed by atoms with Gasteiger partial charge in [-0.3, -0.25) is 9.69 Å². The van der Waals surface area contributed by atoms with Crippen LogP contribution in [0.2, 0.25) is 0 Å². The zero-order valence-corrected chi connectivity index (χ0v) is 19.0. The predicted molar refractivity (Wildman–Crippen MR) is 118 cm³/mol. The van der Waals surface area contributed by atoms with Crippen molar-refractivity contribution in [2.24, 2.45) is 4.99 Å². The van der Waals surface area contributed by atoms with Crippen LogP contribution < -0.4 is 19.5 Å². The van der Waals surface area contributed by atoms with Gasteiger partial charge in [0.1, 0.15) is 6.54 Å². The summed E-state index contributed by atoms with van der Waals surface area (Å²) in [7, 11) is 8.35. The van der Waals surface area contributed by atoms with Crippen molar-refractivity contribution in [3.05, 3.63) is 17.7 Å². The van der Waals surface area contributed by atoms with Gasteiger partial charge in [0, 0.05) is 53.4 Å². The van der Waals surface area contributed by atoms with Crippen LogP contribution in [0.5, 0.6) is 17.2 Å². The maximum Gasteiger partial charge on any atom is 0.243 e. The molecule has 0 spiro atoms. The Bertz CT molecular complexity index is 705. The first-order valence-corrected chi connectivity index (χ1v) is 10.2. The summed E-state index contributed by atoms with van der Waals surface area (Å²) in [5.41, 5.74) is 1.11. The van der Waals surface area contributed by atoms with E-state index in [0.29, 0.717) is 17.2 Å². The average Bonchev–Trinajstić information content (AvgIpc) is 2.76. The lowest BCUT2D eigenvalue weighted by molar-refractivity contribution is -0.127. The maximum atomic E-state index is 11.9. The topological polar surface area (TPSA) is 78.9 Å². The van der Waals surface area contributed by atoms with Gasteiger partial charge in [0.25, 0.3) is 0 Å². The molecule has 0 bridgehead atoms. The molecule has 0 saturated carbocycles. The molecule has 0 aliphatic carbocycles. The smallest absolute Gasteiger partial charge is 0.243 e. The molecule has 1 amide bonds. The number of hydrogen-bond acceptors (Lipinski definition) is 6. The van der Waals surface area contributed by atoms with E-state index in [2.05, 4.69) is 20.1 Å². The number of rotatable bonds is 8. The van der Waals surface area contributed by atoms with Crippen LogP contribution in [0, 0.1) is 0 Å². The normalized spacial score (nSPS) is 15.0. The van der Waals surface area contributed by atoms with Gasteiger partial charge in [-0.1, -0.05) is 0 Å². The second-order valence-electron chi connectivity index (χ2n) is 7.26. The fourth-order valence-corrected chi connectivity index (χ4v) is 3.31. The molecule has 1 aliphatic rings. The van der Waals surface area contributed by atoms with Crippen molar-refractivity contribution in [2.45, 2.75) is 13.5 Å². The molecule has 0 radical (unpaired) electrons. The first-order valence-electron chi connectivity index (χ1n) is 10.2. The largest absolute Gasteiger partial charge is 0.493 e. The van der Waals surface area contributed by atoms with Crippen molar-refractivity contribution in [3.63, 3.8) is 0 Å². The summed E-state index contributed by atoms with van der Waals surface area (Å²) in [5.74, 6) is 2.72. The number of likely N-dealkylation sites (N-methyl/N-ethyl adjacent to an activating group) is 1. The van der Waals surface area contributed by atoms with Gasteiger partial charge in [0.05, 0.1) is 21.3 Å². The second kappa shape index (κ2) is 11.5. The van der Waals surface area contributed by atoms with Crippen molar-refractivity contribution in [1.29, 1.82) is 0 Å². The van der Waals surface area contributed by atoms with E-state index in [-0.39, 0.29) is 12.5 Å². The Balaban J connectivity index is 2.01. The number of nitrogens with one attached hydrogen (secondary N) is 1. The van der Waals surface area contributed by atoms with Crippen molar-refractivity contribution in [1.82, 2.24) is 20.0 Å². The Labute approximate surface area is 179 Å². The molecule has 1 aliphatic heterocycles. The van der Waals surface area contributed by atoms with E-state index in [1.807, 2.05) is 19.1 Å². The summed E-state index contributed by atoms with van der Waals surface area (Å²) >= 11 is 0. The summed E-state index contributed by atoms with van der Waals surface area (Å²) in [6.07, 6.45) is 0. The molecule has 1 heterocycles. The Morgan fingerprint density at radius 3 is 2.13 bits per heavy atom. The van der Waals surface area contributed by atoms with Crippen LogP contribution in [0.25, 0.3) is 0 Å². The zero-order chi connectivity index (χ0) is 22.1. The van der Waals surface area contributed by atoms with E-state index in [1.54, 1.807) is 40.3 Å². The number of aliphatic imine (C=N–C) groups is 1. The van der Waals surface area contributed by atoms with E-state index < -0.39 is 0 Å². The molecule has 0 aromatic heterocycles. The average molecular weight is 422 g/mol. The molecule has 0 atom stereocenters. The Morgan fingerprint density at radius 2 is 1.67 bits per heavy atom. The minimum Gasteiger partial charge on any atom is -0.493 e. The zero-order valence-electron chi connectivity index (χ0n) is 19.0. The van der Waals surface area contributed by atoms with E-state index in [0.717, 1.165) is 50.8 Å². The van der Waals surface area contributed by atoms with Crippen molar-refractivity contribution in [2.75, 3.05) is 74.7 Å². The van der Waals surface area contributed by atoms with Gasteiger partial charge in [-0.25, -0.2) is 4.99 Å². The summed E-state index contributed by atoms with van der Waals surface area (Å²) in [6, 6.07) is 3.98. The van der Waals surface area contributed by atoms with Gasteiger partial charge in [0.15, 0.2) is 17.5 Å². The number of guanidine groups is 1. The van der Waals surface area contributed by atoms with Crippen molar-refractivity contribution < 1.29 is 19.0 Å². The predicted octanol–water partition coefficient (Wildman–Crippen LogP) is 0.884. The van der Waals surface area contributed by atoms with E-state index in [4.69, 9.17) is 14.2 Å². The molecule has 1 aromatic carbocycles. The second-order valence-corrected chi connectivity index (χ2v) is 7.26. The molecular weight excluding hydrogens is 386 g/mol. The maximum absolute atomic E-state index is 11.9. The first kappa shape index (κ1) is 23.6. The van der Waals surface area contributed by atoms with Gasteiger partial charge < -0.3 is 29.3 Å². The Hall–Kier alpha value is -2.68. The lowest BCUT2D eigenvalue weighted by Gasteiger charge is -2.36. The molecule has 168 valence electrons. The number of nitrogens with zero attached hydrogens (tertiary/aromatic N) is 4. The SMILES string of the molecule is CCNC(=NCC(=O)N(C)C)N1CCN(Cc2cc(OC)c(OC)c(OC)c2)CC1. The summed E-state index contributed by atoms with van der Waals surface area (Å²) in [5, 5.41) is 3.29. The van der Waals surface area contributed by atoms with E-state index >= 15 is 0 Å². The number of carbonyl (C=O) groups is 1. The minimum atomic E-state index is -0.00793. The number of benzene rings is 1. The molecule has 1 saturated heterocycles. The third-order valence-electron chi connectivity index (χ3n) is 5.00. The first-order chi connectivity index (χ1) is 14.4. The van der Waals surface area contributed by atoms with Crippen molar-refractivity contribution in [3.8, 4) is 17.2 Å². The number of methoxy groups -OCH3 is 3. The summed E-state index contributed by atoms with van der Waals surface area (Å²) < 4.78 is 16.3. The van der Waals surface area contributed by atoms with Crippen LogP contribution in [0.4, 0.5) is 0 Å².